The van der Waals surface area contributed by atoms with Crippen molar-refractivity contribution in [2.45, 2.75) is 5.92 Å². The largest absolute Gasteiger partial charge is 0.378 e. The van der Waals surface area contributed by atoms with E-state index in [2.05, 4.69) is 15.7 Å². The van der Waals surface area contributed by atoms with Crippen molar-refractivity contribution in [1.82, 2.24) is 20.0 Å². The molecule has 0 aliphatic carbocycles. The molecule has 3 heterocycles. The van der Waals surface area contributed by atoms with E-state index in [-0.39, 0.29) is 36.1 Å². The Bertz CT molecular complexity index is 848. The maximum absolute atomic E-state index is 12.8. The highest BCUT2D eigenvalue weighted by molar-refractivity contribution is 5.96. The zero-order chi connectivity index (χ0) is 19.5. The van der Waals surface area contributed by atoms with Crippen molar-refractivity contribution in [1.29, 1.82) is 0 Å². The molecule has 0 spiro atoms. The minimum atomic E-state index is -0.154. The number of nitrogens with one attached hydrogen (secondary N) is 2. The summed E-state index contributed by atoms with van der Waals surface area (Å²) in [6.07, 6.45) is 3.79. The lowest BCUT2D eigenvalue weighted by Gasteiger charge is -2.26. The van der Waals surface area contributed by atoms with Crippen LogP contribution in [0, 0.1) is 5.92 Å². The molecule has 4 rings (SSSR count). The van der Waals surface area contributed by atoms with E-state index in [1.165, 1.54) is 0 Å². The normalized spacial score (nSPS) is 21.5. The first-order valence-electron chi connectivity index (χ1n) is 9.59. The summed E-state index contributed by atoms with van der Waals surface area (Å²) in [7, 11) is 1.88. The van der Waals surface area contributed by atoms with Crippen LogP contribution in [0.1, 0.15) is 21.8 Å². The lowest BCUT2D eigenvalue weighted by Crippen LogP contribution is -2.40. The predicted molar refractivity (Wildman–Crippen MR) is 111 cm³/mol. The van der Waals surface area contributed by atoms with Crippen LogP contribution in [0.25, 0.3) is 0 Å². The first kappa shape index (κ1) is 21.3. The average molecular weight is 420 g/mol. The molecule has 1 aromatic heterocycles. The quantitative estimate of drug-likeness (QED) is 0.778. The van der Waals surface area contributed by atoms with Crippen LogP contribution in [0.5, 0.6) is 0 Å². The van der Waals surface area contributed by atoms with E-state index < -0.39 is 0 Å². The first-order chi connectivity index (χ1) is 13.6. The van der Waals surface area contributed by atoms with Crippen molar-refractivity contribution in [3.63, 3.8) is 0 Å². The number of nitrogens with zero attached hydrogens (tertiary/aromatic N) is 3. The number of ether oxygens (including phenoxy) is 1. The Labute approximate surface area is 176 Å². The van der Waals surface area contributed by atoms with Gasteiger partial charge < -0.3 is 20.3 Å². The lowest BCUT2D eigenvalue weighted by molar-refractivity contribution is -0.119. The van der Waals surface area contributed by atoms with Crippen molar-refractivity contribution >= 4 is 29.9 Å². The highest BCUT2D eigenvalue weighted by Gasteiger charge is 2.34. The number of aromatic nitrogens is 2. The van der Waals surface area contributed by atoms with Gasteiger partial charge in [0.15, 0.2) is 0 Å². The van der Waals surface area contributed by atoms with E-state index in [1.54, 1.807) is 33.8 Å². The number of aryl methyl sites for hydroxylation is 1. The van der Waals surface area contributed by atoms with Crippen LogP contribution in [-0.4, -0.2) is 65.9 Å². The smallest absolute Gasteiger partial charge is 0.254 e. The predicted octanol–water partition coefficient (Wildman–Crippen LogP) is 1.26. The van der Waals surface area contributed by atoms with Gasteiger partial charge in [-0.05, 0) is 29.8 Å². The van der Waals surface area contributed by atoms with E-state index in [1.807, 2.05) is 19.4 Å². The van der Waals surface area contributed by atoms with Gasteiger partial charge in [0, 0.05) is 56.6 Å². The number of halogens is 1. The zero-order valence-corrected chi connectivity index (χ0v) is 17.2. The lowest BCUT2D eigenvalue weighted by atomic mass is 9.90. The summed E-state index contributed by atoms with van der Waals surface area (Å²) in [4.78, 5) is 27.1. The molecule has 0 saturated carbocycles. The highest BCUT2D eigenvalue weighted by atomic mass is 35.5. The number of morpholine rings is 1. The van der Waals surface area contributed by atoms with Crippen LogP contribution in [-0.2, 0) is 16.6 Å². The Balaban J connectivity index is 0.00000240. The van der Waals surface area contributed by atoms with Crippen molar-refractivity contribution < 1.29 is 14.3 Å². The molecule has 0 bridgehead atoms. The van der Waals surface area contributed by atoms with E-state index in [0.29, 0.717) is 44.1 Å². The standard InChI is InChI=1S/C20H25N5O3.ClH/c1-24-13-15(10-22-24)17-11-21-12-18(17)19(26)23-16-4-2-14(3-5-16)20(27)25-6-8-28-9-7-25;/h2-5,10,13,17-18,21H,6-9,11-12H2,1H3,(H,23,26);1H/t17-,18+;/m1./s1. The summed E-state index contributed by atoms with van der Waals surface area (Å²) in [5.41, 5.74) is 2.38. The van der Waals surface area contributed by atoms with Crippen LogP contribution in [0.2, 0.25) is 0 Å². The van der Waals surface area contributed by atoms with Gasteiger partial charge in [0.1, 0.15) is 0 Å². The van der Waals surface area contributed by atoms with Crippen molar-refractivity contribution in [3.05, 3.63) is 47.8 Å². The van der Waals surface area contributed by atoms with Crippen LogP contribution in [0.4, 0.5) is 5.69 Å². The molecule has 2 saturated heterocycles. The topological polar surface area (TPSA) is 88.5 Å². The number of carbonyl (C=O) groups is 2. The second kappa shape index (κ2) is 9.39. The van der Waals surface area contributed by atoms with Crippen molar-refractivity contribution in [3.8, 4) is 0 Å². The molecule has 156 valence electrons. The monoisotopic (exact) mass is 419 g/mol. The molecule has 2 aliphatic rings. The molecule has 2 atom stereocenters. The van der Waals surface area contributed by atoms with E-state index in [9.17, 15) is 9.59 Å². The van der Waals surface area contributed by atoms with E-state index in [4.69, 9.17) is 4.74 Å². The Morgan fingerprint density at radius 3 is 2.55 bits per heavy atom. The van der Waals surface area contributed by atoms with Crippen LogP contribution in [0.3, 0.4) is 0 Å². The molecular formula is C20H26ClN5O3. The fourth-order valence-electron chi connectivity index (χ4n) is 3.82. The molecule has 1 aromatic carbocycles. The summed E-state index contributed by atoms with van der Waals surface area (Å²) in [6, 6.07) is 7.10. The third-order valence-corrected chi connectivity index (χ3v) is 5.40. The number of rotatable bonds is 4. The van der Waals surface area contributed by atoms with Crippen LogP contribution >= 0.6 is 12.4 Å². The maximum Gasteiger partial charge on any atom is 0.254 e. The van der Waals surface area contributed by atoms with Gasteiger partial charge in [0.25, 0.3) is 5.91 Å². The first-order valence-corrected chi connectivity index (χ1v) is 9.59. The van der Waals surface area contributed by atoms with Gasteiger partial charge in [-0.25, -0.2) is 0 Å². The number of hydrogen-bond acceptors (Lipinski definition) is 5. The van der Waals surface area contributed by atoms with E-state index in [0.717, 1.165) is 12.1 Å². The third kappa shape index (κ3) is 4.77. The van der Waals surface area contributed by atoms with Crippen molar-refractivity contribution in [2.75, 3.05) is 44.7 Å². The number of anilines is 1. The Morgan fingerprint density at radius 2 is 1.90 bits per heavy atom. The molecule has 2 aromatic rings. The van der Waals surface area contributed by atoms with Crippen LogP contribution < -0.4 is 10.6 Å². The number of hydrogen-bond donors (Lipinski definition) is 2. The van der Waals surface area contributed by atoms with Gasteiger partial charge in [0.05, 0.1) is 25.3 Å². The molecule has 2 aliphatic heterocycles. The summed E-state index contributed by atoms with van der Waals surface area (Å²) in [6.45, 7) is 3.78. The molecule has 8 nitrogen and oxygen atoms in total. The third-order valence-electron chi connectivity index (χ3n) is 5.40. The summed E-state index contributed by atoms with van der Waals surface area (Å²) in [5.74, 6) is -0.0707. The number of carbonyl (C=O) groups excluding carboxylic acids is 2. The number of benzene rings is 1. The second-order valence-electron chi connectivity index (χ2n) is 7.29. The average Bonchev–Trinajstić information content (AvgIpc) is 3.37. The molecular weight excluding hydrogens is 394 g/mol. The zero-order valence-electron chi connectivity index (χ0n) is 16.3. The van der Waals surface area contributed by atoms with Gasteiger partial charge in [-0.1, -0.05) is 0 Å². The number of amides is 2. The maximum atomic E-state index is 12.8. The van der Waals surface area contributed by atoms with Crippen molar-refractivity contribution in [2.24, 2.45) is 13.0 Å². The van der Waals surface area contributed by atoms with Gasteiger partial charge in [0.2, 0.25) is 5.91 Å². The molecule has 9 heteroatoms. The fourth-order valence-corrected chi connectivity index (χ4v) is 3.82. The molecule has 29 heavy (non-hydrogen) atoms. The molecule has 2 amide bonds. The SMILES string of the molecule is Cl.Cn1cc([C@H]2CNC[C@@H]2C(=O)Nc2ccc(C(=O)N3CCOCC3)cc2)cn1. The fraction of sp³-hybridized carbons (Fsp3) is 0.450. The van der Waals surface area contributed by atoms with Gasteiger partial charge in [-0.15, -0.1) is 12.4 Å². The Kier molecular flexibility index (Phi) is 6.89. The molecule has 0 unspecified atom stereocenters. The Morgan fingerprint density at radius 1 is 1.17 bits per heavy atom. The molecule has 2 N–H and O–H groups in total. The molecule has 0 radical (unpaired) electrons. The van der Waals surface area contributed by atoms with Gasteiger partial charge in [-0.2, -0.15) is 5.10 Å². The van der Waals surface area contributed by atoms with Gasteiger partial charge >= 0.3 is 0 Å². The summed E-state index contributed by atoms with van der Waals surface area (Å²) in [5, 5.41) is 10.5. The summed E-state index contributed by atoms with van der Waals surface area (Å²) >= 11 is 0. The minimum absolute atomic E-state index is 0. The van der Waals surface area contributed by atoms with Crippen LogP contribution in [0.15, 0.2) is 36.7 Å². The van der Waals surface area contributed by atoms with E-state index >= 15 is 0 Å². The molecule has 2 fully saturated rings. The van der Waals surface area contributed by atoms with Gasteiger partial charge in [-0.3, -0.25) is 14.3 Å². The Hall–Kier alpha value is -2.42. The minimum Gasteiger partial charge on any atom is -0.378 e. The second-order valence-corrected chi connectivity index (χ2v) is 7.29. The highest BCUT2D eigenvalue weighted by Crippen LogP contribution is 2.29. The summed E-state index contributed by atoms with van der Waals surface area (Å²) < 4.78 is 7.04.